The van der Waals surface area contributed by atoms with Crippen LogP contribution in [-0.2, 0) is 16.6 Å². The Bertz CT molecular complexity index is 954. The number of sulfonamides is 1. The predicted octanol–water partition coefficient (Wildman–Crippen LogP) is 3.04. The van der Waals surface area contributed by atoms with Crippen LogP contribution >= 0.6 is 0 Å². The van der Waals surface area contributed by atoms with Gasteiger partial charge in [0.25, 0.3) is 0 Å². The van der Waals surface area contributed by atoms with Crippen LogP contribution in [0.25, 0.3) is 10.8 Å². The van der Waals surface area contributed by atoms with Crippen molar-refractivity contribution in [2.45, 2.75) is 18.4 Å². The molecule has 0 aliphatic heterocycles. The molecule has 0 spiro atoms. The maximum atomic E-state index is 12.7. The van der Waals surface area contributed by atoms with Crippen LogP contribution in [0.3, 0.4) is 0 Å². The normalized spacial score (nSPS) is 11.9. The molecular weight excluding hydrogens is 346 g/mol. The number of rotatable bonds is 8. The van der Waals surface area contributed by atoms with Crippen molar-refractivity contribution in [1.82, 2.24) is 14.6 Å². The molecule has 1 heterocycles. The van der Waals surface area contributed by atoms with Gasteiger partial charge in [0, 0.05) is 42.8 Å². The van der Waals surface area contributed by atoms with Crippen molar-refractivity contribution in [2.75, 3.05) is 19.6 Å². The lowest BCUT2D eigenvalue weighted by Gasteiger charge is -2.20. The van der Waals surface area contributed by atoms with E-state index < -0.39 is 10.0 Å². The summed E-state index contributed by atoms with van der Waals surface area (Å²) in [4.78, 5) is 6.56. The Labute approximate surface area is 154 Å². The largest absolute Gasteiger partial charge is 0.298 e. The quantitative estimate of drug-likeness (QED) is 0.663. The van der Waals surface area contributed by atoms with Gasteiger partial charge in [-0.1, -0.05) is 49.4 Å². The van der Waals surface area contributed by atoms with E-state index in [1.54, 1.807) is 30.6 Å². The van der Waals surface area contributed by atoms with Crippen molar-refractivity contribution in [2.24, 2.45) is 0 Å². The molecule has 5 nitrogen and oxygen atoms in total. The average molecular weight is 369 g/mol. The standard InChI is InChI=1S/C20H23N3O2S/c1-2-23(16-17-7-4-3-5-8-17)14-13-22-26(24,25)20-10-6-9-18-15-21-12-11-19(18)20/h3-12,15,22H,2,13-14,16H2,1H3. The van der Waals surface area contributed by atoms with E-state index in [1.165, 1.54) is 5.56 Å². The third-order valence-electron chi connectivity index (χ3n) is 4.35. The van der Waals surface area contributed by atoms with E-state index in [0.717, 1.165) is 18.5 Å². The lowest BCUT2D eigenvalue weighted by molar-refractivity contribution is 0.285. The van der Waals surface area contributed by atoms with Gasteiger partial charge in [0.1, 0.15) is 0 Å². The van der Waals surface area contributed by atoms with Gasteiger partial charge in [-0.2, -0.15) is 0 Å². The van der Waals surface area contributed by atoms with E-state index in [4.69, 9.17) is 0 Å². The van der Waals surface area contributed by atoms with Crippen LogP contribution in [-0.4, -0.2) is 37.9 Å². The molecule has 0 saturated carbocycles. The first kappa shape index (κ1) is 18.5. The van der Waals surface area contributed by atoms with Crippen molar-refractivity contribution in [3.05, 3.63) is 72.6 Å². The number of nitrogens with zero attached hydrogens (tertiary/aromatic N) is 2. The van der Waals surface area contributed by atoms with Gasteiger partial charge in [0.15, 0.2) is 0 Å². The first-order valence-electron chi connectivity index (χ1n) is 8.69. The Kier molecular flexibility index (Phi) is 5.98. The minimum atomic E-state index is -3.57. The lowest BCUT2D eigenvalue weighted by Crippen LogP contribution is -2.34. The number of likely N-dealkylation sites (N-methyl/N-ethyl adjacent to an activating group) is 1. The summed E-state index contributed by atoms with van der Waals surface area (Å²) in [6, 6.07) is 17.2. The number of hydrogen-bond donors (Lipinski definition) is 1. The number of fused-ring (bicyclic) bond motifs is 1. The van der Waals surface area contributed by atoms with E-state index in [0.29, 0.717) is 23.4 Å². The molecule has 0 bridgehead atoms. The molecule has 0 aliphatic rings. The van der Waals surface area contributed by atoms with Gasteiger partial charge in [0.2, 0.25) is 10.0 Å². The number of nitrogens with one attached hydrogen (secondary N) is 1. The molecule has 0 atom stereocenters. The highest BCUT2D eigenvalue weighted by Crippen LogP contribution is 2.21. The van der Waals surface area contributed by atoms with Gasteiger partial charge in [-0.15, -0.1) is 0 Å². The summed E-state index contributed by atoms with van der Waals surface area (Å²) < 4.78 is 28.2. The molecule has 6 heteroatoms. The maximum Gasteiger partial charge on any atom is 0.241 e. The molecule has 0 unspecified atom stereocenters. The van der Waals surface area contributed by atoms with Gasteiger partial charge in [-0.05, 0) is 24.2 Å². The maximum absolute atomic E-state index is 12.7. The van der Waals surface area contributed by atoms with Crippen molar-refractivity contribution in [3.8, 4) is 0 Å². The number of hydrogen-bond acceptors (Lipinski definition) is 4. The van der Waals surface area contributed by atoms with Crippen LogP contribution in [0.15, 0.2) is 71.9 Å². The van der Waals surface area contributed by atoms with Crippen LogP contribution in [0.2, 0.25) is 0 Å². The summed E-state index contributed by atoms with van der Waals surface area (Å²) in [5.41, 5.74) is 1.22. The van der Waals surface area contributed by atoms with Gasteiger partial charge >= 0.3 is 0 Å². The molecular formula is C20H23N3O2S. The molecule has 2 aromatic carbocycles. The Hall–Kier alpha value is -2.28. The van der Waals surface area contributed by atoms with Gasteiger partial charge in [-0.3, -0.25) is 9.88 Å². The van der Waals surface area contributed by atoms with Crippen molar-refractivity contribution in [1.29, 1.82) is 0 Å². The first-order valence-corrected chi connectivity index (χ1v) is 10.2. The molecule has 136 valence electrons. The van der Waals surface area contributed by atoms with E-state index >= 15 is 0 Å². The fraction of sp³-hybridized carbons (Fsp3) is 0.250. The van der Waals surface area contributed by atoms with Crippen LogP contribution < -0.4 is 4.72 Å². The van der Waals surface area contributed by atoms with Gasteiger partial charge < -0.3 is 0 Å². The summed E-state index contributed by atoms with van der Waals surface area (Å²) in [7, 11) is -3.57. The molecule has 0 aliphatic carbocycles. The predicted molar refractivity (Wildman–Crippen MR) is 104 cm³/mol. The Morgan fingerprint density at radius 1 is 1.04 bits per heavy atom. The van der Waals surface area contributed by atoms with E-state index in [-0.39, 0.29) is 0 Å². The lowest BCUT2D eigenvalue weighted by atomic mass is 10.2. The second kappa shape index (κ2) is 8.40. The zero-order chi connectivity index (χ0) is 18.4. The molecule has 0 saturated heterocycles. The van der Waals surface area contributed by atoms with Crippen molar-refractivity contribution in [3.63, 3.8) is 0 Å². The highest BCUT2D eigenvalue weighted by atomic mass is 32.2. The molecule has 26 heavy (non-hydrogen) atoms. The summed E-state index contributed by atoms with van der Waals surface area (Å²) in [5.74, 6) is 0. The highest BCUT2D eigenvalue weighted by molar-refractivity contribution is 7.89. The smallest absolute Gasteiger partial charge is 0.241 e. The van der Waals surface area contributed by atoms with Crippen LogP contribution in [0.4, 0.5) is 0 Å². The van der Waals surface area contributed by atoms with Crippen LogP contribution in [0.1, 0.15) is 12.5 Å². The van der Waals surface area contributed by atoms with E-state index in [2.05, 4.69) is 33.7 Å². The van der Waals surface area contributed by atoms with E-state index in [1.807, 2.05) is 24.3 Å². The summed E-state index contributed by atoms with van der Waals surface area (Å²) >= 11 is 0. The zero-order valence-electron chi connectivity index (χ0n) is 14.8. The molecule has 1 N–H and O–H groups in total. The molecule has 0 radical (unpaired) electrons. The minimum absolute atomic E-state index is 0.295. The third kappa shape index (κ3) is 4.46. The number of aromatic nitrogens is 1. The average Bonchev–Trinajstić information content (AvgIpc) is 2.67. The summed E-state index contributed by atoms with van der Waals surface area (Å²) in [5, 5.41) is 1.50. The highest BCUT2D eigenvalue weighted by Gasteiger charge is 2.17. The van der Waals surface area contributed by atoms with E-state index in [9.17, 15) is 8.42 Å². The summed E-state index contributed by atoms with van der Waals surface area (Å²) in [6.07, 6.45) is 3.28. The zero-order valence-corrected chi connectivity index (χ0v) is 15.6. The van der Waals surface area contributed by atoms with Crippen LogP contribution in [0, 0.1) is 0 Å². The minimum Gasteiger partial charge on any atom is -0.298 e. The number of pyridine rings is 1. The van der Waals surface area contributed by atoms with Gasteiger partial charge in [-0.25, -0.2) is 13.1 Å². The molecule has 0 amide bonds. The monoisotopic (exact) mass is 369 g/mol. The Morgan fingerprint density at radius 2 is 1.85 bits per heavy atom. The SMILES string of the molecule is CCN(CCNS(=O)(=O)c1cccc2cnccc12)Cc1ccccc1. The van der Waals surface area contributed by atoms with Crippen molar-refractivity contribution < 1.29 is 8.42 Å². The molecule has 0 fully saturated rings. The topological polar surface area (TPSA) is 62.3 Å². The molecule has 1 aromatic heterocycles. The Balaban J connectivity index is 1.66. The fourth-order valence-electron chi connectivity index (χ4n) is 2.93. The second-order valence-corrected chi connectivity index (χ2v) is 7.84. The summed E-state index contributed by atoms with van der Waals surface area (Å²) in [6.45, 7) is 4.76. The number of benzene rings is 2. The van der Waals surface area contributed by atoms with Crippen molar-refractivity contribution >= 4 is 20.8 Å². The molecule has 3 aromatic rings. The fourth-order valence-corrected chi connectivity index (χ4v) is 4.18. The third-order valence-corrected chi connectivity index (χ3v) is 5.87. The van der Waals surface area contributed by atoms with Crippen LogP contribution in [0.5, 0.6) is 0 Å². The Morgan fingerprint density at radius 3 is 2.62 bits per heavy atom. The first-order chi connectivity index (χ1) is 12.6. The molecule has 3 rings (SSSR count). The second-order valence-electron chi connectivity index (χ2n) is 6.11. The van der Waals surface area contributed by atoms with Gasteiger partial charge in [0.05, 0.1) is 4.90 Å².